The Labute approximate surface area is 410 Å². The number of fused-ring (bicyclic) bond motifs is 6. The van der Waals surface area contributed by atoms with Crippen LogP contribution in [0.15, 0.2) is 34.3 Å². The molecule has 0 unspecified atom stereocenters. The summed E-state index contributed by atoms with van der Waals surface area (Å²) in [6.45, 7) is 8.33. The zero-order valence-electron chi connectivity index (χ0n) is 40.7. The molecule has 5 atom stereocenters. The third-order valence-corrected chi connectivity index (χ3v) is 16.6. The number of hydrazine groups is 1. The molecule has 7 aliphatic rings. The van der Waals surface area contributed by atoms with Crippen molar-refractivity contribution in [1.82, 2.24) is 40.4 Å². The highest BCUT2D eigenvalue weighted by atomic mass is 32.1. The lowest BCUT2D eigenvalue weighted by Crippen LogP contribution is -2.68. The fraction of sp³-hybridized carbons (Fsp3) is 0.647. The molecule has 3 amide bonds. The highest BCUT2D eigenvalue weighted by Crippen LogP contribution is 2.45. The Balaban J connectivity index is 1.01. The van der Waals surface area contributed by atoms with Gasteiger partial charge in [-0.1, -0.05) is 32.8 Å². The largest absolute Gasteiger partial charge is 0.464 e. The Hall–Kier alpha value is -4.69. The topological polar surface area (TPSA) is 173 Å². The predicted molar refractivity (Wildman–Crippen MR) is 260 cm³/mol. The summed E-state index contributed by atoms with van der Waals surface area (Å²) in [6, 6.07) is 3.02. The number of ether oxygens (including phenoxy) is 2. The Bertz CT molecular complexity index is 2570. The summed E-state index contributed by atoms with van der Waals surface area (Å²) in [7, 11) is 1.56. The van der Waals surface area contributed by atoms with Crippen LogP contribution in [0.3, 0.4) is 0 Å². The number of piperidine rings is 1. The van der Waals surface area contributed by atoms with Gasteiger partial charge in [-0.3, -0.25) is 34.1 Å². The number of allylic oxidation sites excluding steroid dienone is 1. The number of hydrogen-bond acceptors (Lipinski definition) is 12. The van der Waals surface area contributed by atoms with Gasteiger partial charge in [0, 0.05) is 90.7 Å². The SMILES string of the molecule is CO[C@@H](C)C1=C(c2c3c4cc(ccc4n2CC(F)(F)F)-c2csc(n2)C[C@H](NC(=O)[C@H](C2CCCC2)N2CCCC4(CN(C(=O)[C@H]5CN5)C4)C2)C(=O)N2CCC[C@H](N2)C(=O)OCC(C)(C)C3)CCC=N1. The van der Waals surface area contributed by atoms with Crippen LogP contribution in [0, 0.1) is 16.7 Å². The average molecular weight is 990 g/mol. The lowest BCUT2D eigenvalue weighted by Gasteiger charge is -2.56. The number of nitrogens with zero attached hydrogens (tertiary/aromatic N) is 6. The maximum absolute atomic E-state index is 15.0. The Kier molecular flexibility index (Phi) is 13.5. The van der Waals surface area contributed by atoms with Crippen molar-refractivity contribution in [3.05, 3.63) is 45.5 Å². The van der Waals surface area contributed by atoms with Crippen molar-refractivity contribution in [2.45, 2.75) is 141 Å². The number of likely N-dealkylation sites (tertiary alicyclic amines) is 2. The number of cyclic esters (lactones) is 1. The number of thiazole rings is 1. The molecule has 4 saturated heterocycles. The van der Waals surface area contributed by atoms with Crippen LogP contribution in [-0.4, -0.2) is 144 Å². The Morgan fingerprint density at radius 2 is 1.86 bits per heavy atom. The zero-order chi connectivity index (χ0) is 49.1. The number of aromatic nitrogens is 2. The van der Waals surface area contributed by atoms with Gasteiger partial charge in [0.1, 0.15) is 18.6 Å². The van der Waals surface area contributed by atoms with E-state index in [-0.39, 0.29) is 54.5 Å². The number of nitrogens with one attached hydrogen (secondary N) is 3. The number of halogens is 3. The van der Waals surface area contributed by atoms with Crippen molar-refractivity contribution in [3.8, 4) is 11.3 Å². The van der Waals surface area contributed by atoms with Gasteiger partial charge >= 0.3 is 12.1 Å². The maximum atomic E-state index is 15.0. The number of carbonyl (C=O) groups excluding carboxylic acids is 4. The minimum absolute atomic E-state index is 0.0396. The summed E-state index contributed by atoms with van der Waals surface area (Å²) in [6.07, 6.45) is 4.85. The van der Waals surface area contributed by atoms with Crippen LogP contribution in [0.4, 0.5) is 13.2 Å². The lowest BCUT2D eigenvalue weighted by atomic mass is 9.72. The minimum atomic E-state index is -4.55. The summed E-state index contributed by atoms with van der Waals surface area (Å²) >= 11 is 1.36. The first kappa shape index (κ1) is 48.9. The second kappa shape index (κ2) is 19.4. The molecular formula is C51H66F3N9O6S. The summed E-state index contributed by atoms with van der Waals surface area (Å²) in [4.78, 5) is 70.8. The summed E-state index contributed by atoms with van der Waals surface area (Å²) in [5.74, 6) is -0.847. The van der Waals surface area contributed by atoms with E-state index in [2.05, 4.69) is 21.0 Å². The van der Waals surface area contributed by atoms with Gasteiger partial charge in [0.15, 0.2) is 0 Å². The van der Waals surface area contributed by atoms with E-state index < -0.39 is 48.3 Å². The second-order valence-electron chi connectivity index (χ2n) is 21.7. The third kappa shape index (κ3) is 10.1. The minimum Gasteiger partial charge on any atom is -0.464 e. The van der Waals surface area contributed by atoms with E-state index in [1.807, 2.05) is 37.1 Å². The number of methoxy groups -OCH3 is 1. The van der Waals surface area contributed by atoms with E-state index in [0.717, 1.165) is 51.6 Å². The molecule has 1 spiro atoms. The molecule has 1 aliphatic carbocycles. The number of amides is 3. The third-order valence-electron chi connectivity index (χ3n) is 15.7. The standard InChI is InChI=1S/C51H66F3N9O6S/c1-30(68-4)42-33(12-7-17-55-42)44-35-22-49(2,3)29-69-48(67)36-13-8-19-63(59-36)47(66)37(21-41-57-39(24-70-41)32-14-15-40(34(35)20-32)62(44)28-51(52,53)54)58-45(64)43(31-10-5-6-11-31)60-18-9-16-50(25-60)26-61(27-50)46(65)38-23-56-38/h14-15,17,20,24,30-31,36-38,43,56,59H,5-13,16,18-19,21-23,25-29H2,1-4H3,(H,58,64)/t30-,36-,37-,38+,43-/m0/s1. The second-order valence-corrected chi connectivity index (χ2v) is 22.7. The first-order valence-electron chi connectivity index (χ1n) is 25.2. The predicted octanol–water partition coefficient (Wildman–Crippen LogP) is 6.04. The summed E-state index contributed by atoms with van der Waals surface area (Å²) in [5.41, 5.74) is 6.44. The van der Waals surface area contributed by atoms with Crippen molar-refractivity contribution >= 4 is 57.7 Å². The molecule has 3 aromatic rings. The Morgan fingerprint density at radius 1 is 1.07 bits per heavy atom. The summed E-state index contributed by atoms with van der Waals surface area (Å²) in [5, 5.41) is 10.9. The molecular weight excluding hydrogens is 924 g/mol. The van der Waals surface area contributed by atoms with Crippen LogP contribution in [-0.2, 0) is 48.0 Å². The van der Waals surface area contributed by atoms with Gasteiger partial charge in [-0.2, -0.15) is 13.2 Å². The highest BCUT2D eigenvalue weighted by Gasteiger charge is 2.52. The first-order chi connectivity index (χ1) is 33.5. The number of aliphatic imine (C=N–C) groups is 1. The lowest BCUT2D eigenvalue weighted by molar-refractivity contribution is -0.155. The van der Waals surface area contributed by atoms with Crippen molar-refractivity contribution in [2.24, 2.45) is 21.7 Å². The molecule has 0 radical (unpaired) electrons. The molecule has 1 saturated carbocycles. The molecule has 19 heteroatoms. The maximum Gasteiger partial charge on any atom is 0.406 e. The van der Waals surface area contributed by atoms with Crippen molar-refractivity contribution in [2.75, 3.05) is 53.0 Å². The molecule has 3 N–H and O–H groups in total. The van der Waals surface area contributed by atoms with E-state index in [1.54, 1.807) is 25.5 Å². The van der Waals surface area contributed by atoms with E-state index in [1.165, 1.54) is 20.9 Å². The van der Waals surface area contributed by atoms with Gasteiger partial charge in [0.2, 0.25) is 11.8 Å². The van der Waals surface area contributed by atoms with Gasteiger partial charge < -0.3 is 29.6 Å². The van der Waals surface area contributed by atoms with Crippen LogP contribution in [0.25, 0.3) is 27.7 Å². The van der Waals surface area contributed by atoms with Crippen LogP contribution in [0.2, 0.25) is 0 Å². The smallest absolute Gasteiger partial charge is 0.406 e. The number of carbonyl (C=O) groups is 4. The molecule has 8 heterocycles. The normalized spacial score (nSPS) is 26.2. The fourth-order valence-corrected chi connectivity index (χ4v) is 13.0. The van der Waals surface area contributed by atoms with Gasteiger partial charge in [0.05, 0.1) is 46.9 Å². The zero-order valence-corrected chi connectivity index (χ0v) is 41.5. The fourth-order valence-electron chi connectivity index (χ4n) is 12.2. The number of benzene rings is 1. The molecule has 70 heavy (non-hydrogen) atoms. The van der Waals surface area contributed by atoms with Crippen molar-refractivity contribution in [1.29, 1.82) is 0 Å². The van der Waals surface area contributed by atoms with E-state index in [4.69, 9.17) is 19.5 Å². The van der Waals surface area contributed by atoms with Gasteiger partial charge in [-0.05, 0) is 94.9 Å². The summed E-state index contributed by atoms with van der Waals surface area (Å²) < 4.78 is 57.3. The Morgan fingerprint density at radius 3 is 2.60 bits per heavy atom. The van der Waals surface area contributed by atoms with Crippen LogP contribution >= 0.6 is 11.3 Å². The van der Waals surface area contributed by atoms with E-state index in [9.17, 15) is 27.6 Å². The molecule has 2 aromatic heterocycles. The number of alkyl halides is 3. The van der Waals surface area contributed by atoms with Gasteiger partial charge in [-0.25, -0.2) is 10.4 Å². The number of rotatable bonds is 9. The van der Waals surface area contributed by atoms with Crippen LogP contribution < -0.4 is 16.1 Å². The molecule has 10 rings (SSSR count). The molecule has 6 bridgehead atoms. The van der Waals surface area contributed by atoms with Crippen LogP contribution in [0.5, 0.6) is 0 Å². The molecule has 5 fully saturated rings. The first-order valence-corrected chi connectivity index (χ1v) is 26.1. The van der Waals surface area contributed by atoms with E-state index >= 15 is 4.79 Å². The molecule has 15 nitrogen and oxygen atoms in total. The average Bonchev–Trinajstić information content (AvgIpc) is 3.71. The quantitative estimate of drug-likeness (QED) is 0.170. The van der Waals surface area contributed by atoms with Gasteiger partial charge in [-0.15, -0.1) is 11.3 Å². The number of hydrogen-bond donors (Lipinski definition) is 3. The molecule has 378 valence electrons. The molecule has 1 aromatic carbocycles. The van der Waals surface area contributed by atoms with E-state index in [0.29, 0.717) is 102 Å². The van der Waals surface area contributed by atoms with Crippen LogP contribution in [0.1, 0.15) is 101 Å². The van der Waals surface area contributed by atoms with Crippen molar-refractivity contribution in [3.63, 3.8) is 0 Å². The van der Waals surface area contributed by atoms with Crippen molar-refractivity contribution < 1.29 is 41.8 Å². The monoisotopic (exact) mass is 989 g/mol. The number of esters is 1. The highest BCUT2D eigenvalue weighted by molar-refractivity contribution is 7.10. The van der Waals surface area contributed by atoms with Gasteiger partial charge in [0.25, 0.3) is 5.91 Å². The molecule has 6 aliphatic heterocycles.